The van der Waals surface area contributed by atoms with Crippen LogP contribution in [-0.4, -0.2) is 34.0 Å². The van der Waals surface area contributed by atoms with Gasteiger partial charge in [0, 0.05) is 6.54 Å². The molecule has 0 bridgehead atoms. The van der Waals surface area contributed by atoms with Gasteiger partial charge >= 0.3 is 0 Å². The number of methoxy groups -OCH3 is 1. The first-order valence-corrected chi connectivity index (χ1v) is 8.22. The van der Waals surface area contributed by atoms with E-state index in [0.717, 1.165) is 37.1 Å². The molecule has 1 atom stereocenters. The van der Waals surface area contributed by atoms with Crippen LogP contribution in [0.15, 0.2) is 24.3 Å². The lowest BCUT2D eigenvalue weighted by Gasteiger charge is -2.36. The molecule has 22 heavy (non-hydrogen) atoms. The number of aromatic nitrogens is 2. The van der Waals surface area contributed by atoms with E-state index in [2.05, 4.69) is 15.7 Å². The predicted molar refractivity (Wildman–Crippen MR) is 85.3 cm³/mol. The average Bonchev–Trinajstić information content (AvgIpc) is 3.00. The lowest BCUT2D eigenvalue weighted by molar-refractivity contribution is 0.0615. The van der Waals surface area contributed by atoms with Gasteiger partial charge in [0.1, 0.15) is 10.6 Å². The van der Waals surface area contributed by atoms with Crippen molar-refractivity contribution in [1.82, 2.24) is 14.5 Å². The first-order chi connectivity index (χ1) is 10.7. The number of likely N-dealkylation sites (tertiary alicyclic amines) is 1. The molecule has 1 aliphatic heterocycles. The van der Waals surface area contributed by atoms with Crippen molar-refractivity contribution in [2.75, 3.05) is 13.7 Å². The molecular weight excluding hydrogens is 298 g/mol. The molecule has 0 spiro atoms. The molecule has 1 amide bonds. The number of carbonyl (C=O) groups is 1. The Kier molecular flexibility index (Phi) is 4.38. The van der Waals surface area contributed by atoms with Gasteiger partial charge in [-0.3, -0.25) is 4.79 Å². The highest BCUT2D eigenvalue weighted by Gasteiger charge is 2.30. The van der Waals surface area contributed by atoms with Crippen LogP contribution < -0.4 is 4.74 Å². The van der Waals surface area contributed by atoms with Crippen molar-refractivity contribution in [3.8, 4) is 5.75 Å². The number of benzene rings is 1. The Morgan fingerprint density at radius 2 is 2.27 bits per heavy atom. The Balaban J connectivity index is 1.91. The highest BCUT2D eigenvalue weighted by atomic mass is 32.1. The topological polar surface area (TPSA) is 55.3 Å². The van der Waals surface area contributed by atoms with Gasteiger partial charge in [0.05, 0.1) is 18.8 Å². The molecule has 2 aromatic rings. The molecule has 0 unspecified atom stereocenters. The number of rotatable bonds is 3. The summed E-state index contributed by atoms with van der Waals surface area (Å²) in [5.74, 6) is 0.867. The summed E-state index contributed by atoms with van der Waals surface area (Å²) in [6.07, 6.45) is 3.15. The fraction of sp³-hybridized carbons (Fsp3) is 0.438. The molecule has 1 saturated heterocycles. The monoisotopic (exact) mass is 317 g/mol. The maximum atomic E-state index is 12.8. The minimum Gasteiger partial charge on any atom is -0.497 e. The largest absolute Gasteiger partial charge is 0.497 e. The Labute approximate surface area is 134 Å². The van der Waals surface area contributed by atoms with Crippen molar-refractivity contribution < 1.29 is 9.53 Å². The lowest BCUT2D eigenvalue weighted by Crippen LogP contribution is -2.38. The van der Waals surface area contributed by atoms with E-state index in [1.165, 1.54) is 11.5 Å². The first kappa shape index (κ1) is 15.0. The second kappa shape index (κ2) is 6.44. The number of hydrogen-bond acceptors (Lipinski definition) is 5. The maximum absolute atomic E-state index is 12.8. The summed E-state index contributed by atoms with van der Waals surface area (Å²) in [4.78, 5) is 15.5. The first-order valence-electron chi connectivity index (χ1n) is 7.44. The average molecular weight is 317 g/mol. The Morgan fingerprint density at radius 3 is 3.00 bits per heavy atom. The molecule has 1 fully saturated rings. The Morgan fingerprint density at radius 1 is 1.41 bits per heavy atom. The SMILES string of the molecule is COc1cccc([C@H]2CCCCN2C(=O)c2snnc2C)c1. The second-order valence-corrected chi connectivity index (χ2v) is 6.23. The lowest BCUT2D eigenvalue weighted by atomic mass is 9.94. The number of piperidine rings is 1. The molecule has 0 aliphatic carbocycles. The van der Waals surface area contributed by atoms with Gasteiger partial charge in [-0.25, -0.2) is 0 Å². The summed E-state index contributed by atoms with van der Waals surface area (Å²) in [6.45, 7) is 2.61. The van der Waals surface area contributed by atoms with Crippen LogP contribution in [-0.2, 0) is 0 Å². The molecule has 1 aromatic heterocycles. The Hall–Kier alpha value is -1.95. The van der Waals surface area contributed by atoms with Crippen molar-refractivity contribution in [2.45, 2.75) is 32.2 Å². The number of hydrogen-bond donors (Lipinski definition) is 0. The number of aryl methyl sites for hydroxylation is 1. The summed E-state index contributed by atoms with van der Waals surface area (Å²) >= 11 is 1.18. The molecule has 0 saturated carbocycles. The van der Waals surface area contributed by atoms with Gasteiger partial charge in [0.25, 0.3) is 5.91 Å². The van der Waals surface area contributed by atoms with E-state index in [1.807, 2.05) is 30.0 Å². The van der Waals surface area contributed by atoms with Crippen LogP contribution in [0.4, 0.5) is 0 Å². The van der Waals surface area contributed by atoms with E-state index in [0.29, 0.717) is 10.6 Å². The molecule has 1 aliphatic rings. The molecule has 3 rings (SSSR count). The molecule has 6 heteroatoms. The van der Waals surface area contributed by atoms with Crippen molar-refractivity contribution >= 4 is 17.4 Å². The van der Waals surface area contributed by atoms with Gasteiger partial charge in [-0.1, -0.05) is 16.6 Å². The van der Waals surface area contributed by atoms with Crippen LogP contribution in [0.3, 0.4) is 0 Å². The molecular formula is C16H19N3O2S. The van der Waals surface area contributed by atoms with Crippen molar-refractivity contribution in [3.63, 3.8) is 0 Å². The number of nitrogens with zero attached hydrogens (tertiary/aromatic N) is 3. The van der Waals surface area contributed by atoms with E-state index >= 15 is 0 Å². The third-order valence-electron chi connectivity index (χ3n) is 4.09. The molecule has 1 aromatic carbocycles. The highest BCUT2D eigenvalue weighted by Crippen LogP contribution is 2.34. The van der Waals surface area contributed by atoms with Gasteiger partial charge in [-0.15, -0.1) is 5.10 Å². The number of carbonyl (C=O) groups excluding carboxylic acids is 1. The van der Waals surface area contributed by atoms with Crippen molar-refractivity contribution in [1.29, 1.82) is 0 Å². The quantitative estimate of drug-likeness (QED) is 0.872. The summed E-state index contributed by atoms with van der Waals surface area (Å²) in [6, 6.07) is 8.09. The van der Waals surface area contributed by atoms with Crippen LogP contribution in [0.5, 0.6) is 5.75 Å². The van der Waals surface area contributed by atoms with E-state index in [9.17, 15) is 4.79 Å². The maximum Gasteiger partial charge on any atom is 0.268 e. The summed E-state index contributed by atoms with van der Waals surface area (Å²) < 4.78 is 9.20. The fourth-order valence-corrected chi connectivity index (χ4v) is 3.54. The van der Waals surface area contributed by atoms with Crippen LogP contribution in [0.1, 0.15) is 46.2 Å². The standard InChI is InChI=1S/C16H19N3O2S/c1-11-15(22-18-17-11)16(20)19-9-4-3-8-14(19)12-6-5-7-13(10-12)21-2/h5-7,10,14H,3-4,8-9H2,1-2H3/t14-/m1/s1. The third-order valence-corrected chi connectivity index (χ3v) is 4.90. The second-order valence-electron chi connectivity index (χ2n) is 5.47. The van der Waals surface area contributed by atoms with Crippen molar-refractivity contribution in [3.05, 3.63) is 40.4 Å². The van der Waals surface area contributed by atoms with E-state index < -0.39 is 0 Å². The van der Waals surface area contributed by atoms with E-state index in [4.69, 9.17) is 4.74 Å². The molecule has 0 N–H and O–H groups in total. The number of ether oxygens (including phenoxy) is 1. The zero-order valence-electron chi connectivity index (χ0n) is 12.8. The predicted octanol–water partition coefficient (Wildman–Crippen LogP) is 3.22. The molecule has 0 radical (unpaired) electrons. The van der Waals surface area contributed by atoms with Crippen LogP contribution in [0, 0.1) is 6.92 Å². The van der Waals surface area contributed by atoms with E-state index in [1.54, 1.807) is 7.11 Å². The van der Waals surface area contributed by atoms with Crippen LogP contribution in [0.25, 0.3) is 0 Å². The molecule has 5 nitrogen and oxygen atoms in total. The van der Waals surface area contributed by atoms with E-state index in [-0.39, 0.29) is 11.9 Å². The summed E-state index contributed by atoms with van der Waals surface area (Å²) in [5.41, 5.74) is 1.84. The zero-order chi connectivity index (χ0) is 15.5. The normalized spacial score (nSPS) is 18.3. The van der Waals surface area contributed by atoms with Crippen molar-refractivity contribution in [2.24, 2.45) is 0 Å². The summed E-state index contributed by atoms with van der Waals surface area (Å²) in [7, 11) is 1.66. The summed E-state index contributed by atoms with van der Waals surface area (Å²) in [5, 5.41) is 3.96. The third kappa shape index (κ3) is 2.83. The highest BCUT2D eigenvalue weighted by molar-refractivity contribution is 7.07. The van der Waals surface area contributed by atoms with Crippen LogP contribution in [0.2, 0.25) is 0 Å². The van der Waals surface area contributed by atoms with Gasteiger partial charge in [0.15, 0.2) is 0 Å². The number of amides is 1. The zero-order valence-corrected chi connectivity index (χ0v) is 13.6. The van der Waals surface area contributed by atoms with Gasteiger partial charge in [0.2, 0.25) is 0 Å². The minimum atomic E-state index is 0.0417. The van der Waals surface area contributed by atoms with Gasteiger partial charge in [-0.05, 0) is 55.4 Å². The smallest absolute Gasteiger partial charge is 0.268 e. The fourth-order valence-electron chi connectivity index (χ4n) is 2.93. The minimum absolute atomic E-state index is 0.0417. The Bertz CT molecular complexity index is 671. The molecule has 2 heterocycles. The van der Waals surface area contributed by atoms with Gasteiger partial charge in [-0.2, -0.15) is 0 Å². The van der Waals surface area contributed by atoms with Gasteiger partial charge < -0.3 is 9.64 Å². The molecule has 116 valence electrons. The van der Waals surface area contributed by atoms with Crippen LogP contribution >= 0.6 is 11.5 Å².